The van der Waals surface area contributed by atoms with Gasteiger partial charge in [0.2, 0.25) is 0 Å². The number of phenolic OH excluding ortho intramolecular Hbond substituents is 1. The highest BCUT2D eigenvalue weighted by molar-refractivity contribution is 5.92. The van der Waals surface area contributed by atoms with Gasteiger partial charge < -0.3 is 16.2 Å². The van der Waals surface area contributed by atoms with Crippen LogP contribution in [0.25, 0.3) is 0 Å². The van der Waals surface area contributed by atoms with Gasteiger partial charge in [0.25, 0.3) is 0 Å². The molecule has 2 aromatic carbocycles. The van der Waals surface area contributed by atoms with Crippen molar-refractivity contribution in [3.63, 3.8) is 0 Å². The average molecular weight is 255 g/mol. The molecule has 0 aliphatic rings. The van der Waals surface area contributed by atoms with Crippen molar-refractivity contribution in [1.29, 1.82) is 0 Å². The number of para-hydroxylation sites is 1. The molecule has 0 aliphatic carbocycles. The molecular weight excluding hydrogens is 238 g/mol. The number of benzene rings is 2. The minimum Gasteiger partial charge on any atom is -0.508 e. The van der Waals surface area contributed by atoms with Crippen LogP contribution >= 0.6 is 0 Å². The van der Waals surface area contributed by atoms with E-state index in [2.05, 4.69) is 10.3 Å². The van der Waals surface area contributed by atoms with E-state index in [9.17, 15) is 5.11 Å². The molecule has 0 heterocycles. The molecule has 2 rings (SSSR count). The zero-order valence-corrected chi connectivity index (χ0v) is 10.6. The van der Waals surface area contributed by atoms with Gasteiger partial charge in [0, 0.05) is 12.2 Å². The van der Waals surface area contributed by atoms with Crippen molar-refractivity contribution < 1.29 is 5.11 Å². The molecule has 0 radical (unpaired) electrons. The van der Waals surface area contributed by atoms with E-state index in [4.69, 9.17) is 5.73 Å². The molecule has 4 N–H and O–H groups in total. The van der Waals surface area contributed by atoms with Crippen LogP contribution in [0.15, 0.2) is 59.6 Å². The highest BCUT2D eigenvalue weighted by Crippen LogP contribution is 2.10. The maximum Gasteiger partial charge on any atom is 0.193 e. The van der Waals surface area contributed by atoms with Crippen LogP contribution in [0.1, 0.15) is 5.56 Å². The number of aromatic hydroxyl groups is 1. The Morgan fingerprint density at radius 2 is 1.74 bits per heavy atom. The summed E-state index contributed by atoms with van der Waals surface area (Å²) in [7, 11) is 0. The molecule has 4 heteroatoms. The number of hydrogen-bond acceptors (Lipinski definition) is 2. The fraction of sp³-hybridized carbons (Fsp3) is 0.133. The number of nitrogens with two attached hydrogens (primary N) is 1. The lowest BCUT2D eigenvalue weighted by Crippen LogP contribution is -2.22. The summed E-state index contributed by atoms with van der Waals surface area (Å²) in [4.78, 5) is 4.26. The van der Waals surface area contributed by atoms with Gasteiger partial charge in [0.15, 0.2) is 5.96 Å². The number of aliphatic imine (C=N–C) groups is 1. The van der Waals surface area contributed by atoms with Gasteiger partial charge in [-0.2, -0.15) is 0 Å². The third-order valence-corrected chi connectivity index (χ3v) is 2.67. The Hall–Kier alpha value is -2.49. The summed E-state index contributed by atoms with van der Waals surface area (Å²) in [6.07, 6.45) is 0.789. The number of anilines is 1. The number of nitrogens with one attached hydrogen (secondary N) is 1. The Kier molecular flexibility index (Phi) is 4.39. The first-order valence-corrected chi connectivity index (χ1v) is 6.14. The molecule has 4 nitrogen and oxygen atoms in total. The van der Waals surface area contributed by atoms with Crippen molar-refractivity contribution in [2.45, 2.75) is 6.42 Å². The SMILES string of the molecule is NC(=NCCc1ccc(O)cc1)Nc1ccccc1. The van der Waals surface area contributed by atoms with E-state index in [-0.39, 0.29) is 5.75 Å². The van der Waals surface area contributed by atoms with Crippen molar-refractivity contribution in [1.82, 2.24) is 0 Å². The lowest BCUT2D eigenvalue weighted by molar-refractivity contribution is 0.475. The second-order valence-electron chi connectivity index (χ2n) is 4.17. The highest BCUT2D eigenvalue weighted by atomic mass is 16.3. The summed E-state index contributed by atoms with van der Waals surface area (Å²) >= 11 is 0. The molecule has 0 aromatic heterocycles. The Balaban J connectivity index is 1.83. The molecule has 0 fully saturated rings. The topological polar surface area (TPSA) is 70.6 Å². The van der Waals surface area contributed by atoms with E-state index >= 15 is 0 Å². The van der Waals surface area contributed by atoms with Crippen LogP contribution in [0.3, 0.4) is 0 Å². The third-order valence-electron chi connectivity index (χ3n) is 2.67. The van der Waals surface area contributed by atoms with E-state index in [0.29, 0.717) is 12.5 Å². The fourth-order valence-electron chi connectivity index (χ4n) is 1.68. The maximum atomic E-state index is 9.18. The molecule has 98 valence electrons. The molecule has 0 saturated carbocycles. The minimum atomic E-state index is 0.275. The Morgan fingerprint density at radius 3 is 2.42 bits per heavy atom. The molecule has 19 heavy (non-hydrogen) atoms. The lowest BCUT2D eigenvalue weighted by atomic mass is 10.1. The van der Waals surface area contributed by atoms with E-state index in [1.807, 2.05) is 42.5 Å². The monoisotopic (exact) mass is 255 g/mol. The lowest BCUT2D eigenvalue weighted by Gasteiger charge is -2.05. The van der Waals surface area contributed by atoms with Crippen LogP contribution in [0.4, 0.5) is 5.69 Å². The number of hydrogen-bond donors (Lipinski definition) is 3. The van der Waals surface area contributed by atoms with E-state index < -0.39 is 0 Å². The maximum absolute atomic E-state index is 9.18. The molecule has 0 amide bonds. The predicted molar refractivity (Wildman–Crippen MR) is 78.4 cm³/mol. The van der Waals surface area contributed by atoms with Gasteiger partial charge in [-0.15, -0.1) is 0 Å². The van der Waals surface area contributed by atoms with Crippen LogP contribution in [-0.2, 0) is 6.42 Å². The molecule has 0 atom stereocenters. The predicted octanol–water partition coefficient (Wildman–Crippen LogP) is 2.36. The van der Waals surface area contributed by atoms with Crippen molar-refractivity contribution in [2.75, 3.05) is 11.9 Å². The standard InChI is InChI=1S/C15H17N3O/c16-15(18-13-4-2-1-3-5-13)17-11-10-12-6-8-14(19)9-7-12/h1-9,19H,10-11H2,(H3,16,17,18). The third kappa shape index (κ3) is 4.35. The molecule has 0 saturated heterocycles. The van der Waals surface area contributed by atoms with E-state index in [1.165, 1.54) is 0 Å². The van der Waals surface area contributed by atoms with Gasteiger partial charge in [0.1, 0.15) is 5.75 Å². The fourth-order valence-corrected chi connectivity index (χ4v) is 1.68. The number of phenols is 1. The summed E-state index contributed by atoms with van der Waals surface area (Å²) in [6, 6.07) is 16.8. The summed E-state index contributed by atoms with van der Waals surface area (Å²) in [5.74, 6) is 0.683. The first kappa shape index (κ1) is 13.0. The zero-order valence-electron chi connectivity index (χ0n) is 10.6. The molecule has 0 bridgehead atoms. The van der Waals surface area contributed by atoms with Gasteiger partial charge in [0.05, 0.1) is 0 Å². The minimum absolute atomic E-state index is 0.275. The van der Waals surface area contributed by atoms with Crippen LogP contribution in [0.5, 0.6) is 5.75 Å². The van der Waals surface area contributed by atoms with Crippen molar-refractivity contribution >= 4 is 11.6 Å². The van der Waals surface area contributed by atoms with Crippen LogP contribution in [0, 0.1) is 0 Å². The number of guanidine groups is 1. The second kappa shape index (κ2) is 6.44. The molecule has 0 unspecified atom stereocenters. The van der Waals surface area contributed by atoms with Crippen molar-refractivity contribution in [2.24, 2.45) is 10.7 Å². The van der Waals surface area contributed by atoms with Crippen LogP contribution < -0.4 is 11.1 Å². The molecule has 2 aromatic rings. The smallest absolute Gasteiger partial charge is 0.193 e. The van der Waals surface area contributed by atoms with E-state index in [0.717, 1.165) is 17.7 Å². The van der Waals surface area contributed by atoms with Crippen LogP contribution in [0.2, 0.25) is 0 Å². The first-order chi connectivity index (χ1) is 9.24. The number of rotatable bonds is 4. The van der Waals surface area contributed by atoms with Gasteiger partial charge in [-0.25, -0.2) is 0 Å². The van der Waals surface area contributed by atoms with Gasteiger partial charge in [-0.05, 0) is 36.2 Å². The summed E-state index contributed by atoms with van der Waals surface area (Å²) in [5.41, 5.74) is 7.84. The van der Waals surface area contributed by atoms with E-state index in [1.54, 1.807) is 12.1 Å². The summed E-state index contributed by atoms with van der Waals surface area (Å²) < 4.78 is 0. The van der Waals surface area contributed by atoms with Gasteiger partial charge >= 0.3 is 0 Å². The summed E-state index contributed by atoms with van der Waals surface area (Å²) in [5, 5.41) is 12.2. The quantitative estimate of drug-likeness (QED) is 0.580. The average Bonchev–Trinajstić information content (AvgIpc) is 2.42. The van der Waals surface area contributed by atoms with Gasteiger partial charge in [-0.3, -0.25) is 4.99 Å². The Bertz CT molecular complexity index is 535. The molecule has 0 spiro atoms. The Morgan fingerprint density at radius 1 is 1.05 bits per heavy atom. The van der Waals surface area contributed by atoms with Crippen molar-refractivity contribution in [3.05, 3.63) is 60.2 Å². The largest absolute Gasteiger partial charge is 0.508 e. The van der Waals surface area contributed by atoms with Crippen LogP contribution in [-0.4, -0.2) is 17.6 Å². The highest BCUT2D eigenvalue weighted by Gasteiger charge is 1.95. The van der Waals surface area contributed by atoms with Crippen molar-refractivity contribution in [3.8, 4) is 5.75 Å². The normalized spacial score (nSPS) is 11.3. The zero-order chi connectivity index (χ0) is 13.5. The number of nitrogens with zero attached hydrogens (tertiary/aromatic N) is 1. The Labute approximate surface area is 112 Å². The molecule has 0 aliphatic heterocycles. The first-order valence-electron chi connectivity index (χ1n) is 6.14. The van der Waals surface area contributed by atoms with Gasteiger partial charge in [-0.1, -0.05) is 30.3 Å². The second-order valence-corrected chi connectivity index (χ2v) is 4.17. The molecular formula is C15H17N3O. The summed E-state index contributed by atoms with van der Waals surface area (Å²) in [6.45, 7) is 0.608.